The third kappa shape index (κ3) is 2.30. The van der Waals surface area contributed by atoms with Gasteiger partial charge in [-0.1, -0.05) is 13.8 Å². The van der Waals surface area contributed by atoms with Crippen molar-refractivity contribution < 1.29 is 18.7 Å². The summed E-state index contributed by atoms with van der Waals surface area (Å²) in [6.07, 6.45) is 5.02. The second kappa shape index (κ2) is 5.68. The SMILES string of the molecule is COC(=O)[C@H]1CC[C@H]2[C@@H]3CCC4NC(=O)C(F)C[C@]4(C)C3CC[C@]12C. The molecule has 1 heterocycles. The van der Waals surface area contributed by atoms with Gasteiger partial charge in [0.1, 0.15) is 0 Å². The van der Waals surface area contributed by atoms with E-state index in [4.69, 9.17) is 4.74 Å². The Balaban J connectivity index is 1.62. The second-order valence-electron chi connectivity index (χ2n) is 9.39. The van der Waals surface area contributed by atoms with Crippen molar-refractivity contribution >= 4 is 11.9 Å². The number of fused-ring (bicyclic) bond motifs is 5. The first-order valence-electron chi connectivity index (χ1n) is 9.83. The molecule has 140 valence electrons. The first kappa shape index (κ1) is 17.3. The number of ether oxygens (including phenoxy) is 1. The predicted octanol–water partition coefficient (Wildman–Crippen LogP) is 3.24. The quantitative estimate of drug-likeness (QED) is 0.738. The summed E-state index contributed by atoms with van der Waals surface area (Å²) in [7, 11) is 1.49. The largest absolute Gasteiger partial charge is 0.469 e. The zero-order chi connectivity index (χ0) is 18.0. The van der Waals surface area contributed by atoms with Gasteiger partial charge in [0.25, 0.3) is 5.91 Å². The lowest BCUT2D eigenvalue weighted by Crippen LogP contribution is -2.63. The summed E-state index contributed by atoms with van der Waals surface area (Å²) in [5.41, 5.74) is -0.134. The van der Waals surface area contributed by atoms with Gasteiger partial charge in [0.2, 0.25) is 0 Å². The van der Waals surface area contributed by atoms with Gasteiger partial charge in [-0.3, -0.25) is 9.59 Å². The van der Waals surface area contributed by atoms with Crippen LogP contribution in [0.25, 0.3) is 0 Å². The number of halogens is 1. The number of carbonyl (C=O) groups excluding carboxylic acids is 2. The maximum atomic E-state index is 14.2. The topological polar surface area (TPSA) is 55.4 Å². The van der Waals surface area contributed by atoms with E-state index in [1.807, 2.05) is 0 Å². The maximum Gasteiger partial charge on any atom is 0.309 e. The Hall–Kier alpha value is -1.13. The molecule has 0 radical (unpaired) electrons. The van der Waals surface area contributed by atoms with Gasteiger partial charge in [-0.05, 0) is 73.5 Å². The van der Waals surface area contributed by atoms with E-state index in [0.29, 0.717) is 24.2 Å². The lowest BCUT2D eigenvalue weighted by Gasteiger charge is -2.60. The lowest BCUT2D eigenvalue weighted by molar-refractivity contribution is -0.157. The number of methoxy groups -OCH3 is 1. The fraction of sp³-hybridized carbons (Fsp3) is 0.900. The lowest BCUT2D eigenvalue weighted by atomic mass is 9.47. The number of carbonyl (C=O) groups is 2. The number of esters is 1. The molecule has 4 fully saturated rings. The van der Waals surface area contributed by atoms with Crippen molar-refractivity contribution in [2.45, 2.75) is 71.0 Å². The highest BCUT2D eigenvalue weighted by molar-refractivity contribution is 5.82. The van der Waals surface area contributed by atoms with E-state index >= 15 is 0 Å². The van der Waals surface area contributed by atoms with E-state index in [-0.39, 0.29) is 28.8 Å². The highest BCUT2D eigenvalue weighted by Gasteiger charge is 2.62. The van der Waals surface area contributed by atoms with Crippen LogP contribution in [0.4, 0.5) is 4.39 Å². The molecule has 4 aliphatic rings. The minimum absolute atomic E-state index is 0.00830. The van der Waals surface area contributed by atoms with Gasteiger partial charge in [0.05, 0.1) is 13.0 Å². The molecule has 3 saturated carbocycles. The molecule has 8 atom stereocenters. The van der Waals surface area contributed by atoms with Crippen molar-refractivity contribution in [3.63, 3.8) is 0 Å². The van der Waals surface area contributed by atoms with E-state index in [0.717, 1.165) is 38.5 Å². The molecule has 0 aromatic carbocycles. The molecule has 25 heavy (non-hydrogen) atoms. The van der Waals surface area contributed by atoms with Crippen molar-refractivity contribution in [1.82, 2.24) is 5.32 Å². The minimum Gasteiger partial charge on any atom is -0.469 e. The number of hydrogen-bond donors (Lipinski definition) is 1. The Bertz CT molecular complexity index is 595. The van der Waals surface area contributed by atoms with Crippen molar-refractivity contribution in [3.05, 3.63) is 0 Å². The highest BCUT2D eigenvalue weighted by atomic mass is 19.1. The second-order valence-corrected chi connectivity index (χ2v) is 9.39. The molecule has 1 saturated heterocycles. The van der Waals surface area contributed by atoms with Crippen LogP contribution in [-0.4, -0.2) is 31.2 Å². The summed E-state index contributed by atoms with van der Waals surface area (Å²) < 4.78 is 19.3. The summed E-state index contributed by atoms with van der Waals surface area (Å²) in [5, 5.41) is 2.96. The Morgan fingerprint density at radius 3 is 2.56 bits per heavy atom. The van der Waals surface area contributed by atoms with Crippen molar-refractivity contribution in [1.29, 1.82) is 0 Å². The normalized spacial score (nSPS) is 51.8. The summed E-state index contributed by atoms with van der Waals surface area (Å²) in [4.78, 5) is 24.1. The monoisotopic (exact) mass is 351 g/mol. The third-order valence-corrected chi connectivity index (χ3v) is 8.57. The molecule has 0 aromatic rings. The van der Waals surface area contributed by atoms with Gasteiger partial charge in [-0.2, -0.15) is 0 Å². The zero-order valence-corrected chi connectivity index (χ0v) is 15.5. The Morgan fingerprint density at radius 1 is 1.12 bits per heavy atom. The highest BCUT2D eigenvalue weighted by Crippen LogP contribution is 2.65. The molecule has 0 spiro atoms. The summed E-state index contributed by atoms with van der Waals surface area (Å²) in [6, 6.07) is 0.107. The molecule has 5 heteroatoms. The van der Waals surface area contributed by atoms with Gasteiger partial charge in [0.15, 0.2) is 6.17 Å². The zero-order valence-electron chi connectivity index (χ0n) is 15.5. The van der Waals surface area contributed by atoms with Crippen LogP contribution in [0.3, 0.4) is 0 Å². The van der Waals surface area contributed by atoms with Crippen LogP contribution in [0.2, 0.25) is 0 Å². The smallest absolute Gasteiger partial charge is 0.309 e. The van der Waals surface area contributed by atoms with Gasteiger partial charge in [-0.25, -0.2) is 4.39 Å². The fourth-order valence-electron chi connectivity index (χ4n) is 7.26. The Kier molecular flexibility index (Phi) is 3.93. The fourth-order valence-corrected chi connectivity index (χ4v) is 7.26. The standard InChI is InChI=1S/C20H30FNO3/c1-19-9-8-13-11(12(19)5-6-14(19)18(24)25-3)4-7-16-20(13,2)10-15(21)17(23)22-16/h11-16H,4-10H2,1-3H3,(H,22,23)/t11-,12-,13?,14+,15?,16?,19-,20+/m0/s1. The van der Waals surface area contributed by atoms with E-state index in [1.165, 1.54) is 7.11 Å². The van der Waals surface area contributed by atoms with Crippen LogP contribution in [-0.2, 0) is 14.3 Å². The molecule has 1 aliphatic heterocycles. The van der Waals surface area contributed by atoms with Crippen LogP contribution in [0.5, 0.6) is 0 Å². The molecule has 0 bridgehead atoms. The third-order valence-electron chi connectivity index (χ3n) is 8.57. The molecule has 4 rings (SSSR count). The molecule has 1 N–H and O–H groups in total. The van der Waals surface area contributed by atoms with Gasteiger partial charge >= 0.3 is 5.97 Å². The average molecular weight is 351 g/mol. The number of alkyl halides is 1. The van der Waals surface area contributed by atoms with Gasteiger partial charge in [0, 0.05) is 6.04 Å². The van der Waals surface area contributed by atoms with Crippen LogP contribution in [0.15, 0.2) is 0 Å². The average Bonchev–Trinajstić information content (AvgIpc) is 2.93. The van der Waals surface area contributed by atoms with Crippen molar-refractivity contribution in [3.8, 4) is 0 Å². The number of hydrogen-bond acceptors (Lipinski definition) is 3. The first-order chi connectivity index (χ1) is 11.8. The molecule has 1 amide bonds. The van der Waals surface area contributed by atoms with Crippen molar-refractivity contribution in [2.75, 3.05) is 7.11 Å². The van der Waals surface area contributed by atoms with Crippen LogP contribution in [0.1, 0.15) is 58.8 Å². The van der Waals surface area contributed by atoms with Crippen LogP contribution < -0.4 is 5.32 Å². The van der Waals surface area contributed by atoms with E-state index in [2.05, 4.69) is 19.2 Å². The molecule has 3 aliphatic carbocycles. The molecule has 3 unspecified atom stereocenters. The molecular weight excluding hydrogens is 321 g/mol. The summed E-state index contributed by atoms with van der Waals surface area (Å²) in [5.74, 6) is 1.03. The Labute approximate surface area is 149 Å². The number of nitrogens with one attached hydrogen (secondary N) is 1. The predicted molar refractivity (Wildman–Crippen MR) is 91.3 cm³/mol. The molecule has 0 aromatic heterocycles. The van der Waals surface area contributed by atoms with Crippen LogP contribution in [0, 0.1) is 34.5 Å². The number of rotatable bonds is 1. The Morgan fingerprint density at radius 2 is 1.84 bits per heavy atom. The van der Waals surface area contributed by atoms with E-state index in [9.17, 15) is 14.0 Å². The summed E-state index contributed by atoms with van der Waals surface area (Å²) in [6.45, 7) is 4.47. The van der Waals surface area contributed by atoms with Crippen molar-refractivity contribution in [2.24, 2.45) is 34.5 Å². The first-order valence-corrected chi connectivity index (χ1v) is 9.83. The minimum atomic E-state index is -1.38. The molecular formula is C20H30FNO3. The van der Waals surface area contributed by atoms with Crippen LogP contribution >= 0.6 is 0 Å². The summed E-state index contributed by atoms with van der Waals surface area (Å²) >= 11 is 0. The number of piperidine rings is 1. The van der Waals surface area contributed by atoms with E-state index in [1.54, 1.807) is 0 Å². The maximum absolute atomic E-state index is 14.2. The van der Waals surface area contributed by atoms with E-state index < -0.39 is 12.1 Å². The van der Waals surface area contributed by atoms with Gasteiger partial charge < -0.3 is 10.1 Å². The molecule has 4 nitrogen and oxygen atoms in total. The number of amides is 1. The van der Waals surface area contributed by atoms with Gasteiger partial charge in [-0.15, -0.1) is 0 Å².